The Kier molecular flexibility index (Phi) is 6.68. The van der Waals surface area contributed by atoms with E-state index in [1.54, 1.807) is 6.20 Å². The fraction of sp³-hybridized carbons (Fsp3) is 0.208. The monoisotopic (exact) mass is 441 g/mol. The van der Waals surface area contributed by atoms with E-state index >= 15 is 0 Å². The Balaban J connectivity index is 1.65. The molecule has 3 heterocycles. The number of benzene rings is 1. The van der Waals surface area contributed by atoms with E-state index in [4.69, 9.17) is 4.98 Å². The Labute approximate surface area is 191 Å². The Hall–Kier alpha value is -3.83. The maximum Gasteiger partial charge on any atom is 0.224 e. The number of pyridine rings is 1. The molecule has 1 unspecified atom stereocenters. The second kappa shape index (κ2) is 9.98. The van der Waals surface area contributed by atoms with Gasteiger partial charge < -0.3 is 10.2 Å². The van der Waals surface area contributed by atoms with Gasteiger partial charge in [-0.25, -0.2) is 9.97 Å². The van der Waals surface area contributed by atoms with Crippen molar-refractivity contribution >= 4 is 28.8 Å². The van der Waals surface area contributed by atoms with Crippen LogP contribution < -0.4 is 10.2 Å². The molecular formula is C24H23N7S. The fourth-order valence-electron chi connectivity index (χ4n) is 3.25. The van der Waals surface area contributed by atoms with Crippen LogP contribution in [-0.4, -0.2) is 33.5 Å². The van der Waals surface area contributed by atoms with Crippen LogP contribution in [0.3, 0.4) is 0 Å². The van der Waals surface area contributed by atoms with Crippen molar-refractivity contribution in [2.75, 3.05) is 23.8 Å². The molecule has 3 aromatic heterocycles. The number of para-hydroxylation sites is 1. The van der Waals surface area contributed by atoms with Crippen LogP contribution in [0.1, 0.15) is 27.9 Å². The molecule has 4 rings (SSSR count). The van der Waals surface area contributed by atoms with Gasteiger partial charge >= 0.3 is 0 Å². The molecule has 0 saturated carbocycles. The third kappa shape index (κ3) is 5.07. The summed E-state index contributed by atoms with van der Waals surface area (Å²) in [7, 11) is 1.95. The molecule has 0 aliphatic rings. The summed E-state index contributed by atoms with van der Waals surface area (Å²) in [5, 5.41) is 15.9. The Bertz CT molecular complexity index is 1200. The zero-order valence-electron chi connectivity index (χ0n) is 17.9. The quantitative estimate of drug-likeness (QED) is 0.423. The number of aromatic nitrogens is 4. The number of nitrogens with zero attached hydrogens (tertiary/aromatic N) is 6. The SMILES string of the molecule is Cc1csc(C(C#N)c2cc(N(C)c3ccccc3)nc(NCCc3cccnc3)n2)n1. The van der Waals surface area contributed by atoms with Crippen molar-refractivity contribution in [2.24, 2.45) is 0 Å². The highest BCUT2D eigenvalue weighted by molar-refractivity contribution is 7.09. The molecule has 0 spiro atoms. The highest BCUT2D eigenvalue weighted by atomic mass is 32.1. The average molecular weight is 442 g/mol. The van der Waals surface area contributed by atoms with E-state index in [2.05, 4.69) is 26.3 Å². The molecule has 0 amide bonds. The molecule has 1 aromatic carbocycles. The van der Waals surface area contributed by atoms with Gasteiger partial charge in [0.2, 0.25) is 5.95 Å². The number of anilines is 3. The highest BCUT2D eigenvalue weighted by Crippen LogP contribution is 2.30. The van der Waals surface area contributed by atoms with Gasteiger partial charge in [0.25, 0.3) is 0 Å². The smallest absolute Gasteiger partial charge is 0.224 e. The normalized spacial score (nSPS) is 11.5. The van der Waals surface area contributed by atoms with Crippen LogP contribution in [0.4, 0.5) is 17.5 Å². The van der Waals surface area contributed by atoms with Crippen molar-refractivity contribution < 1.29 is 0 Å². The van der Waals surface area contributed by atoms with Gasteiger partial charge in [-0.05, 0) is 37.1 Å². The number of aryl methyl sites for hydroxylation is 1. The number of rotatable bonds is 8. The molecule has 32 heavy (non-hydrogen) atoms. The summed E-state index contributed by atoms with van der Waals surface area (Å²) in [4.78, 5) is 20.1. The molecule has 8 heteroatoms. The molecule has 0 saturated heterocycles. The van der Waals surface area contributed by atoms with Gasteiger partial charge in [-0.15, -0.1) is 11.3 Å². The van der Waals surface area contributed by atoms with Gasteiger partial charge in [-0.2, -0.15) is 10.2 Å². The fourth-order valence-corrected chi connectivity index (χ4v) is 4.10. The molecule has 0 bridgehead atoms. The third-order valence-electron chi connectivity index (χ3n) is 4.95. The summed E-state index contributed by atoms with van der Waals surface area (Å²) in [6.07, 6.45) is 4.40. The lowest BCUT2D eigenvalue weighted by molar-refractivity contribution is 0.903. The minimum absolute atomic E-state index is 0.484. The summed E-state index contributed by atoms with van der Waals surface area (Å²) < 4.78 is 0. The van der Waals surface area contributed by atoms with E-state index in [9.17, 15) is 5.26 Å². The maximum atomic E-state index is 9.92. The van der Waals surface area contributed by atoms with E-state index in [0.717, 1.165) is 28.4 Å². The van der Waals surface area contributed by atoms with E-state index in [1.807, 2.05) is 79.0 Å². The van der Waals surface area contributed by atoms with E-state index in [0.29, 0.717) is 24.0 Å². The maximum absolute atomic E-state index is 9.92. The second-order valence-electron chi connectivity index (χ2n) is 7.30. The van der Waals surface area contributed by atoms with Gasteiger partial charge in [-0.1, -0.05) is 24.3 Å². The van der Waals surface area contributed by atoms with Crippen LogP contribution in [0.2, 0.25) is 0 Å². The molecule has 4 aromatic rings. The first-order valence-corrected chi connectivity index (χ1v) is 11.1. The van der Waals surface area contributed by atoms with Gasteiger partial charge in [0.05, 0.1) is 11.8 Å². The van der Waals surface area contributed by atoms with Crippen molar-refractivity contribution in [3.63, 3.8) is 0 Å². The van der Waals surface area contributed by atoms with Crippen LogP contribution in [0, 0.1) is 18.3 Å². The number of hydrogen-bond acceptors (Lipinski definition) is 8. The zero-order chi connectivity index (χ0) is 22.3. The van der Waals surface area contributed by atoms with Gasteiger partial charge in [0.15, 0.2) is 0 Å². The van der Waals surface area contributed by atoms with Crippen molar-refractivity contribution in [3.8, 4) is 6.07 Å². The lowest BCUT2D eigenvalue weighted by Gasteiger charge is -2.20. The number of nitriles is 1. The van der Waals surface area contributed by atoms with Crippen molar-refractivity contribution in [2.45, 2.75) is 19.3 Å². The largest absolute Gasteiger partial charge is 0.354 e. The highest BCUT2D eigenvalue weighted by Gasteiger charge is 2.21. The van der Waals surface area contributed by atoms with Crippen molar-refractivity contribution in [1.29, 1.82) is 5.26 Å². The molecule has 1 N–H and O–H groups in total. The average Bonchev–Trinajstić information content (AvgIpc) is 3.26. The topological polar surface area (TPSA) is 90.6 Å². The molecular weight excluding hydrogens is 418 g/mol. The summed E-state index contributed by atoms with van der Waals surface area (Å²) in [6, 6.07) is 18.2. The second-order valence-corrected chi connectivity index (χ2v) is 8.19. The first kappa shape index (κ1) is 21.4. The van der Waals surface area contributed by atoms with E-state index in [1.165, 1.54) is 11.3 Å². The lowest BCUT2D eigenvalue weighted by atomic mass is 10.1. The van der Waals surface area contributed by atoms with Crippen LogP contribution in [0.5, 0.6) is 0 Å². The Morgan fingerprint density at radius 3 is 2.66 bits per heavy atom. The van der Waals surface area contributed by atoms with Crippen molar-refractivity contribution in [3.05, 3.63) is 88.3 Å². The molecule has 0 aliphatic heterocycles. The molecule has 1 atom stereocenters. The first-order valence-electron chi connectivity index (χ1n) is 10.3. The summed E-state index contributed by atoms with van der Waals surface area (Å²) in [5.41, 5.74) is 3.65. The molecule has 0 fully saturated rings. The Morgan fingerprint density at radius 1 is 1.12 bits per heavy atom. The third-order valence-corrected chi connectivity index (χ3v) is 5.98. The summed E-state index contributed by atoms with van der Waals surface area (Å²) in [6.45, 7) is 2.58. The molecule has 7 nitrogen and oxygen atoms in total. The lowest BCUT2D eigenvalue weighted by Crippen LogP contribution is -2.16. The van der Waals surface area contributed by atoms with Crippen LogP contribution in [-0.2, 0) is 6.42 Å². The van der Waals surface area contributed by atoms with Gasteiger partial charge in [0.1, 0.15) is 16.7 Å². The number of hydrogen-bond donors (Lipinski definition) is 1. The standard InChI is InChI=1S/C24H23N7S/c1-17-16-32-23(28-17)20(14-25)21-13-22(31(2)19-8-4-3-5-9-19)30-24(29-21)27-12-10-18-7-6-11-26-15-18/h3-9,11,13,15-16,20H,10,12H2,1-2H3,(H,27,29,30). The van der Waals surface area contributed by atoms with Gasteiger partial charge in [-0.3, -0.25) is 4.98 Å². The summed E-state index contributed by atoms with van der Waals surface area (Å²) >= 11 is 1.47. The summed E-state index contributed by atoms with van der Waals surface area (Å²) in [5.74, 6) is 0.634. The molecule has 0 radical (unpaired) electrons. The Morgan fingerprint density at radius 2 is 1.97 bits per heavy atom. The van der Waals surface area contributed by atoms with Gasteiger partial charge in [0, 0.05) is 48.8 Å². The van der Waals surface area contributed by atoms with Crippen molar-refractivity contribution in [1.82, 2.24) is 19.9 Å². The predicted octanol–water partition coefficient (Wildman–Crippen LogP) is 4.71. The van der Waals surface area contributed by atoms with Crippen LogP contribution >= 0.6 is 11.3 Å². The minimum Gasteiger partial charge on any atom is -0.354 e. The van der Waals surface area contributed by atoms with E-state index in [-0.39, 0.29) is 0 Å². The zero-order valence-corrected chi connectivity index (χ0v) is 18.8. The van der Waals surface area contributed by atoms with Crippen LogP contribution in [0.25, 0.3) is 0 Å². The number of thiazole rings is 1. The molecule has 0 aliphatic carbocycles. The predicted molar refractivity (Wildman–Crippen MR) is 127 cm³/mol. The minimum atomic E-state index is -0.557. The van der Waals surface area contributed by atoms with Crippen LogP contribution in [0.15, 0.2) is 66.3 Å². The first-order chi connectivity index (χ1) is 15.6. The van der Waals surface area contributed by atoms with E-state index < -0.39 is 5.92 Å². The molecule has 160 valence electrons. The number of nitrogens with one attached hydrogen (secondary N) is 1.